The van der Waals surface area contributed by atoms with E-state index in [0.29, 0.717) is 0 Å². The van der Waals surface area contributed by atoms with E-state index in [-0.39, 0.29) is 30.3 Å². The number of anilines is 1. The molecule has 11 heteroatoms. The summed E-state index contributed by atoms with van der Waals surface area (Å²) in [4.78, 5) is 22.1. The second kappa shape index (κ2) is 6.22. The van der Waals surface area contributed by atoms with Gasteiger partial charge in [-0.3, -0.25) is 14.3 Å². The average Bonchev–Trinajstić information content (AvgIpc) is 3.06. The number of rotatable bonds is 5. The van der Waals surface area contributed by atoms with E-state index in [1.54, 1.807) is 0 Å². The molecule has 4 atom stereocenters. The largest absolute Gasteiger partial charge is 0.394 e. The molecule has 1 aliphatic rings. The maximum Gasteiger partial charge on any atom is 0.280 e. The predicted molar refractivity (Wildman–Crippen MR) is 76.4 cm³/mol. The number of hydrogen-bond donors (Lipinski definition) is 5. The van der Waals surface area contributed by atoms with Crippen LogP contribution in [0.4, 0.5) is 5.95 Å². The van der Waals surface area contributed by atoms with E-state index in [1.807, 2.05) is 0 Å². The van der Waals surface area contributed by atoms with Crippen LogP contribution in [0.3, 0.4) is 0 Å². The van der Waals surface area contributed by atoms with Crippen molar-refractivity contribution in [3.63, 3.8) is 0 Å². The molecule has 1 fully saturated rings. The summed E-state index contributed by atoms with van der Waals surface area (Å²) in [5, 5.41) is 28.4. The number of hydrogen-bond acceptors (Lipinski definition) is 9. The summed E-state index contributed by atoms with van der Waals surface area (Å²) in [6, 6.07) is 0. The van der Waals surface area contributed by atoms with Gasteiger partial charge in [0, 0.05) is 0 Å². The Balaban J connectivity index is 2.03. The van der Waals surface area contributed by atoms with Gasteiger partial charge >= 0.3 is 0 Å². The monoisotopic (exact) mass is 327 g/mol. The number of fused-ring (bicyclic) bond motifs is 1. The highest BCUT2D eigenvalue weighted by molar-refractivity contribution is 5.70. The third-order valence-electron chi connectivity index (χ3n) is 3.62. The minimum atomic E-state index is -1.12. The summed E-state index contributed by atoms with van der Waals surface area (Å²) in [5.41, 5.74) is 5.27. The second-order valence-electron chi connectivity index (χ2n) is 5.07. The maximum absolute atomic E-state index is 11.8. The lowest BCUT2D eigenvalue weighted by atomic mass is 10.1. The fourth-order valence-corrected chi connectivity index (χ4v) is 2.59. The SMILES string of the molecule is Nc1nc2c(ncn2[C@@H]2O[C@H](CO)[C@@H](O)[C@H]2OCCO)c(=O)[nH]1. The van der Waals surface area contributed by atoms with Crippen LogP contribution in [0, 0.1) is 0 Å². The molecule has 3 rings (SSSR count). The molecular weight excluding hydrogens is 310 g/mol. The van der Waals surface area contributed by atoms with E-state index in [9.17, 15) is 15.0 Å². The van der Waals surface area contributed by atoms with Gasteiger partial charge in [0.05, 0.1) is 26.1 Å². The summed E-state index contributed by atoms with van der Waals surface area (Å²) >= 11 is 0. The smallest absolute Gasteiger partial charge is 0.280 e. The number of H-pyrrole nitrogens is 1. The minimum Gasteiger partial charge on any atom is -0.394 e. The standard InChI is InChI=1S/C12H17N5O6/c13-12-15-9-6(10(21)16-12)14-4-17(9)11-8(22-2-1-18)7(20)5(3-19)23-11/h4-5,7-8,11,18-20H,1-3H2,(H3,13,15,16,21)/t5-,7-,8-,11-/m1/s1. The van der Waals surface area contributed by atoms with Gasteiger partial charge in [0.25, 0.3) is 5.56 Å². The van der Waals surface area contributed by atoms with E-state index in [4.69, 9.17) is 20.3 Å². The number of aromatic nitrogens is 4. The first kappa shape index (κ1) is 15.8. The molecule has 0 aromatic carbocycles. The number of nitrogens with zero attached hydrogens (tertiary/aromatic N) is 3. The highest BCUT2D eigenvalue weighted by atomic mass is 16.6. The Bertz CT molecular complexity index is 745. The first-order valence-electron chi connectivity index (χ1n) is 6.96. The molecule has 11 nitrogen and oxygen atoms in total. The van der Waals surface area contributed by atoms with Crippen LogP contribution in [0.25, 0.3) is 11.2 Å². The molecule has 23 heavy (non-hydrogen) atoms. The van der Waals surface area contributed by atoms with Crippen molar-refractivity contribution in [1.29, 1.82) is 0 Å². The second-order valence-corrected chi connectivity index (χ2v) is 5.07. The molecule has 126 valence electrons. The molecule has 0 aliphatic carbocycles. The van der Waals surface area contributed by atoms with E-state index in [1.165, 1.54) is 10.9 Å². The molecule has 0 bridgehead atoms. The molecule has 2 aromatic rings. The molecule has 0 radical (unpaired) electrons. The third kappa shape index (κ3) is 2.68. The molecular formula is C12H17N5O6. The van der Waals surface area contributed by atoms with Gasteiger partial charge in [-0.05, 0) is 0 Å². The van der Waals surface area contributed by atoms with Crippen LogP contribution < -0.4 is 11.3 Å². The lowest BCUT2D eigenvalue weighted by molar-refractivity contribution is -0.0761. The van der Waals surface area contributed by atoms with Crippen molar-refractivity contribution in [2.75, 3.05) is 25.6 Å². The number of aliphatic hydroxyl groups is 3. The van der Waals surface area contributed by atoms with Gasteiger partial charge in [-0.2, -0.15) is 4.98 Å². The Labute approximate surface area is 129 Å². The Kier molecular flexibility index (Phi) is 4.28. The van der Waals surface area contributed by atoms with Crippen LogP contribution in [-0.4, -0.2) is 73.0 Å². The van der Waals surface area contributed by atoms with E-state index in [0.717, 1.165) is 0 Å². The molecule has 0 unspecified atom stereocenters. The van der Waals surface area contributed by atoms with Crippen LogP contribution in [0.1, 0.15) is 6.23 Å². The Morgan fingerprint density at radius 2 is 2.26 bits per heavy atom. The molecule has 0 amide bonds. The van der Waals surface area contributed by atoms with Crippen LogP contribution >= 0.6 is 0 Å². The zero-order valence-electron chi connectivity index (χ0n) is 12.0. The van der Waals surface area contributed by atoms with Crippen molar-refractivity contribution in [3.8, 4) is 0 Å². The number of aliphatic hydroxyl groups excluding tert-OH is 3. The van der Waals surface area contributed by atoms with Crippen LogP contribution in [0.2, 0.25) is 0 Å². The maximum atomic E-state index is 11.8. The molecule has 1 aliphatic heterocycles. The summed E-state index contributed by atoms with van der Waals surface area (Å²) < 4.78 is 12.4. The number of imidazole rings is 1. The van der Waals surface area contributed by atoms with Crippen LogP contribution in [0.15, 0.2) is 11.1 Å². The number of nitrogens with one attached hydrogen (secondary N) is 1. The van der Waals surface area contributed by atoms with E-state index in [2.05, 4.69) is 15.0 Å². The molecule has 0 spiro atoms. The van der Waals surface area contributed by atoms with Crippen molar-refractivity contribution in [2.45, 2.75) is 24.5 Å². The normalized spacial score (nSPS) is 27.8. The van der Waals surface area contributed by atoms with Gasteiger partial charge in [0.2, 0.25) is 5.95 Å². The zero-order valence-corrected chi connectivity index (χ0v) is 12.0. The third-order valence-corrected chi connectivity index (χ3v) is 3.62. The summed E-state index contributed by atoms with van der Waals surface area (Å²) in [6.45, 7) is -0.683. The predicted octanol–water partition coefficient (Wildman–Crippen LogP) is -2.67. The van der Waals surface area contributed by atoms with Crippen molar-refractivity contribution >= 4 is 17.1 Å². The summed E-state index contributed by atoms with van der Waals surface area (Å²) in [6.07, 6.45) is -2.43. The van der Waals surface area contributed by atoms with Gasteiger partial charge in [0.1, 0.15) is 18.3 Å². The Hall–Kier alpha value is -2.05. The Morgan fingerprint density at radius 3 is 2.96 bits per heavy atom. The van der Waals surface area contributed by atoms with Crippen LogP contribution in [0.5, 0.6) is 0 Å². The van der Waals surface area contributed by atoms with Gasteiger partial charge < -0.3 is 30.5 Å². The topological polar surface area (TPSA) is 169 Å². The lowest BCUT2D eigenvalue weighted by Gasteiger charge is -2.21. The Morgan fingerprint density at radius 1 is 1.48 bits per heavy atom. The number of nitrogens with two attached hydrogens (primary N) is 1. The molecule has 1 saturated heterocycles. The lowest BCUT2D eigenvalue weighted by Crippen LogP contribution is -2.36. The van der Waals surface area contributed by atoms with Crippen LogP contribution in [-0.2, 0) is 9.47 Å². The number of aromatic amines is 1. The minimum absolute atomic E-state index is 0.0253. The highest BCUT2D eigenvalue weighted by Gasteiger charge is 2.45. The summed E-state index contributed by atoms with van der Waals surface area (Å²) in [7, 11) is 0. The van der Waals surface area contributed by atoms with Crippen molar-refractivity contribution < 1.29 is 24.8 Å². The highest BCUT2D eigenvalue weighted by Crippen LogP contribution is 2.33. The van der Waals surface area contributed by atoms with Crippen molar-refractivity contribution in [1.82, 2.24) is 19.5 Å². The average molecular weight is 327 g/mol. The van der Waals surface area contributed by atoms with E-state index >= 15 is 0 Å². The number of nitrogen functional groups attached to an aromatic ring is 1. The first-order chi connectivity index (χ1) is 11.1. The first-order valence-corrected chi connectivity index (χ1v) is 6.96. The van der Waals surface area contributed by atoms with Crippen molar-refractivity contribution in [3.05, 3.63) is 16.7 Å². The quantitative estimate of drug-likeness (QED) is 0.393. The molecule has 3 heterocycles. The molecule has 0 saturated carbocycles. The van der Waals surface area contributed by atoms with Gasteiger partial charge in [-0.1, -0.05) is 0 Å². The van der Waals surface area contributed by atoms with Gasteiger partial charge in [-0.25, -0.2) is 4.98 Å². The zero-order chi connectivity index (χ0) is 16.6. The van der Waals surface area contributed by atoms with Gasteiger partial charge in [0.15, 0.2) is 17.4 Å². The molecule has 6 N–H and O–H groups in total. The van der Waals surface area contributed by atoms with Gasteiger partial charge in [-0.15, -0.1) is 0 Å². The van der Waals surface area contributed by atoms with Crippen molar-refractivity contribution in [2.24, 2.45) is 0 Å². The number of ether oxygens (including phenoxy) is 2. The van der Waals surface area contributed by atoms with E-state index < -0.39 is 36.7 Å². The fraction of sp³-hybridized carbons (Fsp3) is 0.583. The summed E-state index contributed by atoms with van der Waals surface area (Å²) in [5.74, 6) is -0.0886. The fourth-order valence-electron chi connectivity index (χ4n) is 2.59. The molecule has 2 aromatic heterocycles.